The number of Topliss-reactive ketones (excluding diaryl/α,β-unsaturated/α-hetero) is 1. The van der Waals surface area contributed by atoms with Crippen LogP contribution in [0.15, 0.2) is 42.2 Å². The van der Waals surface area contributed by atoms with Crippen LogP contribution in [0.3, 0.4) is 0 Å². The Morgan fingerprint density at radius 1 is 1.16 bits per heavy atom. The van der Waals surface area contributed by atoms with Crippen molar-refractivity contribution < 1.29 is 28.5 Å². The number of allylic oxidation sites excluding steroid dienone is 1. The molecule has 31 heavy (non-hydrogen) atoms. The van der Waals surface area contributed by atoms with E-state index >= 15 is 0 Å². The van der Waals surface area contributed by atoms with Gasteiger partial charge in [0.25, 0.3) is 0 Å². The van der Waals surface area contributed by atoms with Crippen LogP contribution in [0.1, 0.15) is 29.3 Å². The smallest absolute Gasteiger partial charge is 0.231 e. The van der Waals surface area contributed by atoms with Gasteiger partial charge in [0.05, 0.1) is 14.2 Å². The summed E-state index contributed by atoms with van der Waals surface area (Å²) >= 11 is 6.47. The van der Waals surface area contributed by atoms with Gasteiger partial charge in [0.2, 0.25) is 11.4 Å². The molecule has 0 unspecified atom stereocenters. The molecule has 0 aromatic heterocycles. The molecule has 0 radical (unpaired) electrons. The fraction of sp³-hybridized carbons (Fsp3) is 0.304. The van der Waals surface area contributed by atoms with Gasteiger partial charge in [-0.1, -0.05) is 30.7 Å². The van der Waals surface area contributed by atoms with Gasteiger partial charge >= 0.3 is 0 Å². The van der Waals surface area contributed by atoms with Crippen LogP contribution in [0, 0.1) is 5.92 Å². The summed E-state index contributed by atoms with van der Waals surface area (Å²) in [7, 11) is 2.91. The quantitative estimate of drug-likeness (QED) is 0.698. The number of nitrogen functional groups attached to an aromatic ring is 1. The van der Waals surface area contributed by atoms with E-state index in [1.165, 1.54) is 20.3 Å². The summed E-state index contributed by atoms with van der Waals surface area (Å²) in [6, 6.07) is 8.67. The van der Waals surface area contributed by atoms with E-state index in [0.717, 1.165) is 5.56 Å². The van der Waals surface area contributed by atoms with Crippen LogP contribution in [0.5, 0.6) is 17.2 Å². The number of rotatable bonds is 5. The molecule has 1 spiro atoms. The number of methoxy groups -OCH3 is 2. The van der Waals surface area contributed by atoms with Gasteiger partial charge in [-0.25, -0.2) is 0 Å². The van der Waals surface area contributed by atoms with Crippen molar-refractivity contribution in [3.63, 3.8) is 0 Å². The van der Waals surface area contributed by atoms with Gasteiger partial charge in [-0.3, -0.25) is 9.59 Å². The first-order valence-corrected chi connectivity index (χ1v) is 10.1. The standard InChI is InChI=1S/C23H22ClNO6/c1-12-8-15(26)9-18(30-11-13-4-6-14(25)7-5-13)23(12)22(27)19-16(28-2)10-17(29-3)20(24)21(19)31-23/h4-7,9-10,12H,8,11,25H2,1-3H3/t12-,23+/m1/s1. The molecule has 1 heterocycles. The molecule has 2 atom stereocenters. The molecule has 0 saturated carbocycles. The van der Waals surface area contributed by atoms with E-state index in [2.05, 4.69) is 0 Å². The summed E-state index contributed by atoms with van der Waals surface area (Å²) in [5.41, 5.74) is 5.87. The molecule has 2 N–H and O–H groups in total. The number of carbonyl (C=O) groups excluding carboxylic acids is 2. The molecule has 0 bridgehead atoms. The van der Waals surface area contributed by atoms with Gasteiger partial charge in [0.1, 0.15) is 28.7 Å². The molecule has 0 saturated heterocycles. The van der Waals surface area contributed by atoms with Crippen LogP contribution in [-0.2, 0) is 16.1 Å². The summed E-state index contributed by atoms with van der Waals surface area (Å²) in [5.74, 6) is -0.105. The van der Waals surface area contributed by atoms with Gasteiger partial charge in [-0.15, -0.1) is 0 Å². The Morgan fingerprint density at radius 3 is 2.48 bits per heavy atom. The number of hydrogen-bond donors (Lipinski definition) is 1. The fourth-order valence-corrected chi connectivity index (χ4v) is 4.28. The molecule has 7 nitrogen and oxygen atoms in total. The Hall–Kier alpha value is -3.19. The molecule has 8 heteroatoms. The second-order valence-electron chi connectivity index (χ2n) is 7.58. The van der Waals surface area contributed by atoms with Gasteiger partial charge in [-0.2, -0.15) is 0 Å². The van der Waals surface area contributed by atoms with Crippen molar-refractivity contribution in [3.8, 4) is 17.2 Å². The second-order valence-corrected chi connectivity index (χ2v) is 7.95. The average molecular weight is 444 g/mol. The van der Waals surface area contributed by atoms with Gasteiger partial charge in [-0.05, 0) is 17.7 Å². The van der Waals surface area contributed by atoms with Crippen LogP contribution in [0.4, 0.5) is 5.69 Å². The minimum absolute atomic E-state index is 0.130. The van der Waals surface area contributed by atoms with E-state index in [1.54, 1.807) is 25.1 Å². The highest BCUT2D eigenvalue weighted by atomic mass is 35.5. The topological polar surface area (TPSA) is 97.1 Å². The first kappa shape index (κ1) is 21.1. The number of fused-ring (bicyclic) bond motifs is 1. The monoisotopic (exact) mass is 443 g/mol. The van der Waals surface area contributed by atoms with Crippen LogP contribution in [0.25, 0.3) is 0 Å². The van der Waals surface area contributed by atoms with Crippen LogP contribution in [0.2, 0.25) is 5.02 Å². The third-order valence-corrected chi connectivity index (χ3v) is 6.01. The lowest BCUT2D eigenvalue weighted by Crippen LogP contribution is -2.51. The fourth-order valence-electron chi connectivity index (χ4n) is 4.01. The minimum atomic E-state index is -1.52. The third-order valence-electron chi connectivity index (χ3n) is 5.65. The van der Waals surface area contributed by atoms with Crippen LogP contribution in [-0.4, -0.2) is 31.4 Å². The zero-order valence-electron chi connectivity index (χ0n) is 17.4. The Balaban J connectivity index is 1.77. The first-order valence-electron chi connectivity index (χ1n) is 9.72. The van der Waals surface area contributed by atoms with Gasteiger partial charge < -0.3 is 24.7 Å². The maximum absolute atomic E-state index is 13.7. The number of ketones is 2. The molecule has 2 aromatic rings. The molecule has 4 rings (SSSR count). The third kappa shape index (κ3) is 3.29. The van der Waals surface area contributed by atoms with Crippen molar-refractivity contribution in [2.75, 3.05) is 20.0 Å². The Bertz CT molecular complexity index is 1090. The van der Waals surface area contributed by atoms with Gasteiger partial charge in [0, 0.05) is 30.2 Å². The van der Waals surface area contributed by atoms with Gasteiger partial charge in [0.15, 0.2) is 17.3 Å². The van der Waals surface area contributed by atoms with E-state index < -0.39 is 11.5 Å². The van der Waals surface area contributed by atoms with Crippen molar-refractivity contribution in [3.05, 3.63) is 58.3 Å². The maximum atomic E-state index is 13.7. The lowest BCUT2D eigenvalue weighted by molar-refractivity contribution is -0.118. The van der Waals surface area contributed by atoms with Crippen molar-refractivity contribution in [2.45, 2.75) is 25.6 Å². The van der Waals surface area contributed by atoms with E-state index in [-0.39, 0.29) is 52.4 Å². The highest BCUT2D eigenvalue weighted by Crippen LogP contribution is 2.54. The predicted molar refractivity (Wildman–Crippen MR) is 115 cm³/mol. The highest BCUT2D eigenvalue weighted by molar-refractivity contribution is 6.35. The second kappa shape index (κ2) is 7.81. The molecular weight excluding hydrogens is 422 g/mol. The number of halogens is 1. The lowest BCUT2D eigenvalue weighted by Gasteiger charge is -2.37. The SMILES string of the molecule is COc1cc(OC)c2c(c1Cl)O[C@]1(C2=O)C(OCc2ccc(N)cc2)=CC(=O)C[C@H]1C. The van der Waals surface area contributed by atoms with E-state index in [0.29, 0.717) is 11.4 Å². The number of ether oxygens (including phenoxy) is 4. The first-order chi connectivity index (χ1) is 14.8. The number of hydrogen-bond acceptors (Lipinski definition) is 7. The Morgan fingerprint density at radius 2 is 1.84 bits per heavy atom. The summed E-state index contributed by atoms with van der Waals surface area (Å²) in [4.78, 5) is 26.1. The lowest BCUT2D eigenvalue weighted by atomic mass is 9.75. The minimum Gasteiger partial charge on any atom is -0.496 e. The van der Waals surface area contributed by atoms with Crippen molar-refractivity contribution in [2.24, 2.45) is 5.92 Å². The molecule has 2 aromatic carbocycles. The number of anilines is 1. The van der Waals surface area contributed by atoms with Crippen molar-refractivity contribution in [1.29, 1.82) is 0 Å². The zero-order chi connectivity index (χ0) is 22.3. The molecule has 2 aliphatic rings. The van der Waals surface area contributed by atoms with Crippen LogP contribution < -0.4 is 19.9 Å². The summed E-state index contributed by atoms with van der Waals surface area (Å²) in [6.07, 6.45) is 1.46. The van der Waals surface area contributed by atoms with Crippen molar-refractivity contribution >= 4 is 28.9 Å². The maximum Gasteiger partial charge on any atom is 0.231 e. The highest BCUT2D eigenvalue weighted by Gasteiger charge is 2.60. The molecule has 1 aliphatic carbocycles. The Kier molecular flexibility index (Phi) is 5.31. The number of carbonyl (C=O) groups is 2. The molecule has 1 aliphatic heterocycles. The van der Waals surface area contributed by atoms with Crippen molar-refractivity contribution in [1.82, 2.24) is 0 Å². The largest absolute Gasteiger partial charge is 0.496 e. The average Bonchev–Trinajstić information content (AvgIpc) is 3.06. The van der Waals surface area contributed by atoms with E-state index in [1.807, 2.05) is 12.1 Å². The molecular formula is C23H22ClNO6. The summed E-state index contributed by atoms with van der Waals surface area (Å²) < 4.78 is 22.9. The molecule has 162 valence electrons. The molecule has 0 fully saturated rings. The molecule has 0 amide bonds. The zero-order valence-corrected chi connectivity index (χ0v) is 18.1. The van der Waals surface area contributed by atoms with E-state index in [4.69, 9.17) is 36.3 Å². The summed E-state index contributed by atoms with van der Waals surface area (Å²) in [6.45, 7) is 1.91. The number of benzene rings is 2. The number of nitrogens with two attached hydrogens (primary N) is 1. The van der Waals surface area contributed by atoms with E-state index in [9.17, 15) is 9.59 Å². The normalized spacial score (nSPS) is 22.1. The van der Waals surface area contributed by atoms with Crippen LogP contribution >= 0.6 is 11.6 Å². The Labute approximate surface area is 184 Å². The predicted octanol–water partition coefficient (Wildman–Crippen LogP) is 3.96. The summed E-state index contributed by atoms with van der Waals surface area (Å²) in [5, 5.41) is 0.158.